The molecular weight excluding hydrogens is 304 g/mol. The fraction of sp³-hybridized carbons (Fsp3) is 0.316. The zero-order valence-corrected chi connectivity index (χ0v) is 14.0. The Kier molecular flexibility index (Phi) is 4.71. The molecule has 2 aromatic rings. The highest BCUT2D eigenvalue weighted by atomic mass is 16.5. The molecule has 1 aliphatic heterocycles. The van der Waals surface area contributed by atoms with E-state index in [4.69, 9.17) is 15.2 Å². The molecule has 0 unspecified atom stereocenters. The lowest BCUT2D eigenvalue weighted by atomic mass is 9.98. The largest absolute Gasteiger partial charge is 0.493 e. The molecule has 0 atom stereocenters. The predicted molar refractivity (Wildman–Crippen MR) is 92.3 cm³/mol. The van der Waals surface area contributed by atoms with E-state index in [0.29, 0.717) is 30.9 Å². The number of ether oxygens (including phenoxy) is 2. The summed E-state index contributed by atoms with van der Waals surface area (Å²) < 4.78 is 10.7. The van der Waals surface area contributed by atoms with Crippen molar-refractivity contribution in [2.75, 3.05) is 20.8 Å². The maximum Gasteiger partial charge on any atom is 0.254 e. The van der Waals surface area contributed by atoms with Crippen LogP contribution in [0.1, 0.15) is 27.0 Å². The SMILES string of the molecule is COc1cc2c(cc1OC)CN(C(=O)c1ccc(CN)cc1)CC2. The molecule has 2 aromatic carbocycles. The molecule has 0 spiro atoms. The predicted octanol–water partition coefficient (Wildman–Crippen LogP) is 2.36. The molecule has 1 amide bonds. The summed E-state index contributed by atoms with van der Waals surface area (Å²) in [6.07, 6.45) is 0.808. The Labute approximate surface area is 142 Å². The number of hydrogen-bond donors (Lipinski definition) is 1. The third kappa shape index (κ3) is 3.08. The molecule has 0 saturated carbocycles. The van der Waals surface area contributed by atoms with Crippen LogP contribution in [-0.2, 0) is 19.5 Å². The van der Waals surface area contributed by atoms with Gasteiger partial charge in [0.1, 0.15) is 0 Å². The zero-order chi connectivity index (χ0) is 17.1. The number of carbonyl (C=O) groups excluding carboxylic acids is 1. The number of carbonyl (C=O) groups is 1. The number of fused-ring (bicyclic) bond motifs is 1. The van der Waals surface area contributed by atoms with Crippen molar-refractivity contribution < 1.29 is 14.3 Å². The van der Waals surface area contributed by atoms with Gasteiger partial charge in [-0.3, -0.25) is 4.79 Å². The zero-order valence-electron chi connectivity index (χ0n) is 14.0. The number of benzene rings is 2. The summed E-state index contributed by atoms with van der Waals surface area (Å²) in [4.78, 5) is 14.6. The first-order valence-corrected chi connectivity index (χ1v) is 7.98. The molecule has 5 nitrogen and oxygen atoms in total. The van der Waals surface area contributed by atoms with Gasteiger partial charge in [-0.1, -0.05) is 12.1 Å². The summed E-state index contributed by atoms with van der Waals surface area (Å²) >= 11 is 0. The molecule has 3 rings (SSSR count). The third-order valence-electron chi connectivity index (χ3n) is 4.44. The fourth-order valence-electron chi connectivity index (χ4n) is 3.02. The topological polar surface area (TPSA) is 64.8 Å². The number of nitrogens with two attached hydrogens (primary N) is 1. The van der Waals surface area contributed by atoms with Gasteiger partial charge >= 0.3 is 0 Å². The lowest BCUT2D eigenvalue weighted by molar-refractivity contribution is 0.0734. The van der Waals surface area contributed by atoms with Gasteiger partial charge in [0.2, 0.25) is 0 Å². The van der Waals surface area contributed by atoms with Crippen LogP contribution in [0.5, 0.6) is 11.5 Å². The molecule has 0 aliphatic carbocycles. The summed E-state index contributed by atoms with van der Waals surface area (Å²) in [5.41, 5.74) is 9.62. The van der Waals surface area contributed by atoms with Crippen LogP contribution in [0.2, 0.25) is 0 Å². The monoisotopic (exact) mass is 326 g/mol. The Bertz CT molecular complexity index is 741. The first kappa shape index (κ1) is 16.3. The average molecular weight is 326 g/mol. The van der Waals surface area contributed by atoms with Gasteiger partial charge in [-0.25, -0.2) is 0 Å². The van der Waals surface area contributed by atoms with Crippen molar-refractivity contribution in [3.63, 3.8) is 0 Å². The minimum absolute atomic E-state index is 0.0407. The van der Waals surface area contributed by atoms with E-state index in [0.717, 1.165) is 23.3 Å². The van der Waals surface area contributed by atoms with Gasteiger partial charge in [0, 0.05) is 25.2 Å². The summed E-state index contributed by atoms with van der Waals surface area (Å²) in [6.45, 7) is 1.75. The highest BCUT2D eigenvalue weighted by Crippen LogP contribution is 2.33. The van der Waals surface area contributed by atoms with Crippen molar-refractivity contribution in [3.8, 4) is 11.5 Å². The van der Waals surface area contributed by atoms with Gasteiger partial charge in [-0.05, 0) is 47.4 Å². The van der Waals surface area contributed by atoms with Crippen molar-refractivity contribution in [2.24, 2.45) is 5.73 Å². The molecule has 0 saturated heterocycles. The molecule has 0 aromatic heterocycles. The van der Waals surface area contributed by atoms with Crippen LogP contribution < -0.4 is 15.2 Å². The molecule has 1 heterocycles. The third-order valence-corrected chi connectivity index (χ3v) is 4.44. The van der Waals surface area contributed by atoms with E-state index in [1.165, 1.54) is 5.56 Å². The van der Waals surface area contributed by atoms with Gasteiger partial charge in [0.15, 0.2) is 11.5 Å². The molecule has 2 N–H and O–H groups in total. The Hall–Kier alpha value is -2.53. The number of nitrogens with zero attached hydrogens (tertiary/aromatic N) is 1. The standard InChI is InChI=1S/C19H22N2O3/c1-23-17-9-15-7-8-21(12-16(15)10-18(17)24-2)19(22)14-5-3-13(11-20)4-6-14/h3-6,9-10H,7-8,11-12,20H2,1-2H3. The highest BCUT2D eigenvalue weighted by Gasteiger charge is 2.23. The molecule has 0 bridgehead atoms. The summed E-state index contributed by atoms with van der Waals surface area (Å²) in [6, 6.07) is 11.5. The summed E-state index contributed by atoms with van der Waals surface area (Å²) in [5, 5.41) is 0. The molecule has 5 heteroatoms. The van der Waals surface area contributed by atoms with E-state index in [2.05, 4.69) is 0 Å². The van der Waals surface area contributed by atoms with Crippen molar-refractivity contribution in [2.45, 2.75) is 19.5 Å². The Morgan fingerprint density at radius 2 is 1.71 bits per heavy atom. The van der Waals surface area contributed by atoms with Crippen molar-refractivity contribution in [1.82, 2.24) is 4.90 Å². The molecular formula is C19H22N2O3. The maximum atomic E-state index is 12.7. The van der Waals surface area contributed by atoms with Crippen molar-refractivity contribution in [1.29, 1.82) is 0 Å². The first-order valence-electron chi connectivity index (χ1n) is 7.98. The number of methoxy groups -OCH3 is 2. The summed E-state index contributed by atoms with van der Waals surface area (Å²) in [5.74, 6) is 1.46. The normalized spacial score (nSPS) is 13.4. The van der Waals surface area contributed by atoms with E-state index in [1.807, 2.05) is 41.3 Å². The number of rotatable bonds is 4. The van der Waals surface area contributed by atoms with E-state index in [9.17, 15) is 4.79 Å². The van der Waals surface area contributed by atoms with E-state index >= 15 is 0 Å². The van der Waals surface area contributed by atoms with Gasteiger partial charge in [-0.2, -0.15) is 0 Å². The molecule has 1 aliphatic rings. The van der Waals surface area contributed by atoms with Crippen LogP contribution >= 0.6 is 0 Å². The highest BCUT2D eigenvalue weighted by molar-refractivity contribution is 5.94. The van der Waals surface area contributed by atoms with Crippen molar-refractivity contribution >= 4 is 5.91 Å². The van der Waals surface area contributed by atoms with Gasteiger partial charge in [0.25, 0.3) is 5.91 Å². The molecule has 24 heavy (non-hydrogen) atoms. The van der Waals surface area contributed by atoms with Crippen LogP contribution in [0, 0.1) is 0 Å². The van der Waals surface area contributed by atoms with Crippen LogP contribution in [-0.4, -0.2) is 31.6 Å². The Morgan fingerprint density at radius 3 is 2.29 bits per heavy atom. The van der Waals surface area contributed by atoms with Crippen LogP contribution in [0.25, 0.3) is 0 Å². The first-order chi connectivity index (χ1) is 11.7. The van der Waals surface area contributed by atoms with Gasteiger partial charge in [0.05, 0.1) is 14.2 Å². The van der Waals surface area contributed by atoms with E-state index in [-0.39, 0.29) is 5.91 Å². The average Bonchev–Trinajstić information content (AvgIpc) is 2.65. The number of hydrogen-bond acceptors (Lipinski definition) is 4. The maximum absolute atomic E-state index is 12.7. The summed E-state index contributed by atoms with van der Waals surface area (Å²) in [7, 11) is 3.25. The lowest BCUT2D eigenvalue weighted by Crippen LogP contribution is -2.36. The lowest BCUT2D eigenvalue weighted by Gasteiger charge is -2.29. The smallest absolute Gasteiger partial charge is 0.254 e. The fourth-order valence-corrected chi connectivity index (χ4v) is 3.02. The number of amides is 1. The second kappa shape index (κ2) is 6.93. The Morgan fingerprint density at radius 1 is 1.08 bits per heavy atom. The van der Waals surface area contributed by atoms with Crippen molar-refractivity contribution in [3.05, 3.63) is 58.7 Å². The van der Waals surface area contributed by atoms with Crippen LogP contribution in [0.15, 0.2) is 36.4 Å². The minimum Gasteiger partial charge on any atom is -0.493 e. The molecule has 126 valence electrons. The second-order valence-electron chi connectivity index (χ2n) is 5.85. The Balaban J connectivity index is 1.82. The minimum atomic E-state index is 0.0407. The quantitative estimate of drug-likeness (QED) is 0.937. The van der Waals surface area contributed by atoms with Crippen LogP contribution in [0.4, 0.5) is 0 Å². The molecule has 0 radical (unpaired) electrons. The van der Waals surface area contributed by atoms with Gasteiger partial charge in [-0.15, -0.1) is 0 Å². The van der Waals surface area contributed by atoms with E-state index < -0.39 is 0 Å². The molecule has 0 fully saturated rings. The van der Waals surface area contributed by atoms with Gasteiger partial charge < -0.3 is 20.1 Å². The van der Waals surface area contributed by atoms with Crippen LogP contribution in [0.3, 0.4) is 0 Å². The second-order valence-corrected chi connectivity index (χ2v) is 5.85. The van der Waals surface area contributed by atoms with E-state index in [1.54, 1.807) is 14.2 Å².